The molecule has 1 atom stereocenters. The molecule has 118 valence electrons. The quantitative estimate of drug-likeness (QED) is 0.640. The summed E-state index contributed by atoms with van der Waals surface area (Å²) in [5.41, 5.74) is 3.47. The van der Waals surface area contributed by atoms with Crippen LogP contribution in [0.1, 0.15) is 31.4 Å². The maximum absolute atomic E-state index is 6.22. The van der Waals surface area contributed by atoms with Crippen molar-refractivity contribution >= 4 is 0 Å². The molecule has 0 saturated carbocycles. The monoisotopic (exact) mass is 306 g/mol. The first-order chi connectivity index (χ1) is 11.3. The topological polar surface area (TPSA) is 27.1 Å². The molecule has 0 saturated heterocycles. The Hall–Kier alpha value is -2.55. The summed E-state index contributed by atoms with van der Waals surface area (Å²) in [5.74, 6) is 0.901. The SMILES string of the molecule is CCCC(Oc1ccc(-c2ccnn2C)cc1)c1ccccc1. The van der Waals surface area contributed by atoms with Gasteiger partial charge in [-0.15, -0.1) is 0 Å². The number of rotatable bonds is 6. The van der Waals surface area contributed by atoms with Crippen LogP contribution in [0.5, 0.6) is 5.75 Å². The van der Waals surface area contributed by atoms with Crippen LogP contribution in [0.2, 0.25) is 0 Å². The minimum Gasteiger partial charge on any atom is -0.486 e. The van der Waals surface area contributed by atoms with Gasteiger partial charge >= 0.3 is 0 Å². The lowest BCUT2D eigenvalue weighted by molar-refractivity contribution is 0.194. The van der Waals surface area contributed by atoms with Crippen molar-refractivity contribution in [3.05, 3.63) is 72.4 Å². The van der Waals surface area contributed by atoms with E-state index in [1.165, 1.54) is 5.56 Å². The number of aryl methyl sites for hydroxylation is 1. The average molecular weight is 306 g/mol. The summed E-state index contributed by atoms with van der Waals surface area (Å²) in [6.07, 6.45) is 4.01. The lowest BCUT2D eigenvalue weighted by Crippen LogP contribution is -2.07. The summed E-state index contributed by atoms with van der Waals surface area (Å²) >= 11 is 0. The largest absolute Gasteiger partial charge is 0.486 e. The summed E-state index contributed by atoms with van der Waals surface area (Å²) in [6.45, 7) is 2.19. The molecule has 0 amide bonds. The predicted molar refractivity (Wildman–Crippen MR) is 93.4 cm³/mol. The molecule has 23 heavy (non-hydrogen) atoms. The highest BCUT2D eigenvalue weighted by Crippen LogP contribution is 2.28. The average Bonchev–Trinajstić information content (AvgIpc) is 3.02. The number of nitrogens with zero attached hydrogens (tertiary/aromatic N) is 2. The van der Waals surface area contributed by atoms with Crippen LogP contribution in [0.4, 0.5) is 0 Å². The summed E-state index contributed by atoms with van der Waals surface area (Å²) in [4.78, 5) is 0. The van der Waals surface area contributed by atoms with Gasteiger partial charge in [-0.1, -0.05) is 43.7 Å². The van der Waals surface area contributed by atoms with E-state index in [1.54, 1.807) is 0 Å². The van der Waals surface area contributed by atoms with Crippen LogP contribution in [0.3, 0.4) is 0 Å². The molecular formula is C20H22N2O. The Morgan fingerprint density at radius 2 is 1.74 bits per heavy atom. The van der Waals surface area contributed by atoms with Gasteiger partial charge in [0.25, 0.3) is 0 Å². The lowest BCUT2D eigenvalue weighted by atomic mass is 10.1. The van der Waals surface area contributed by atoms with E-state index in [9.17, 15) is 0 Å². The molecule has 0 aliphatic rings. The molecule has 0 fully saturated rings. The molecule has 1 heterocycles. The molecule has 3 rings (SSSR count). The minimum absolute atomic E-state index is 0.101. The first kappa shape index (κ1) is 15.3. The van der Waals surface area contributed by atoms with Crippen LogP contribution in [-0.4, -0.2) is 9.78 Å². The van der Waals surface area contributed by atoms with Crippen molar-refractivity contribution in [1.29, 1.82) is 0 Å². The second-order valence-electron chi connectivity index (χ2n) is 5.67. The van der Waals surface area contributed by atoms with Crippen LogP contribution >= 0.6 is 0 Å². The zero-order chi connectivity index (χ0) is 16.1. The van der Waals surface area contributed by atoms with Gasteiger partial charge in [-0.05, 0) is 42.3 Å². The van der Waals surface area contributed by atoms with Crippen LogP contribution in [0, 0.1) is 0 Å². The van der Waals surface area contributed by atoms with E-state index >= 15 is 0 Å². The normalized spacial score (nSPS) is 12.1. The third-order valence-corrected chi connectivity index (χ3v) is 3.97. The zero-order valence-corrected chi connectivity index (χ0v) is 13.6. The van der Waals surface area contributed by atoms with Gasteiger partial charge in [0.2, 0.25) is 0 Å². The number of hydrogen-bond donors (Lipinski definition) is 0. The Labute approximate surface area is 137 Å². The number of ether oxygens (including phenoxy) is 1. The molecule has 3 heteroatoms. The van der Waals surface area contributed by atoms with E-state index < -0.39 is 0 Å². The second-order valence-corrected chi connectivity index (χ2v) is 5.67. The number of hydrogen-bond acceptors (Lipinski definition) is 2. The third kappa shape index (κ3) is 3.62. The molecule has 0 spiro atoms. The molecule has 1 unspecified atom stereocenters. The van der Waals surface area contributed by atoms with Gasteiger partial charge in [0.15, 0.2) is 0 Å². The van der Waals surface area contributed by atoms with Crippen LogP contribution in [0.25, 0.3) is 11.3 Å². The van der Waals surface area contributed by atoms with E-state index in [4.69, 9.17) is 4.74 Å². The van der Waals surface area contributed by atoms with Gasteiger partial charge in [0, 0.05) is 18.8 Å². The van der Waals surface area contributed by atoms with Gasteiger partial charge in [0.1, 0.15) is 11.9 Å². The summed E-state index contributed by atoms with van der Waals surface area (Å²) in [6, 6.07) is 20.7. The fraction of sp³-hybridized carbons (Fsp3) is 0.250. The Morgan fingerprint density at radius 1 is 1.00 bits per heavy atom. The van der Waals surface area contributed by atoms with Gasteiger partial charge in [-0.2, -0.15) is 5.10 Å². The zero-order valence-electron chi connectivity index (χ0n) is 13.6. The predicted octanol–water partition coefficient (Wildman–Crippen LogP) is 5.01. The Balaban J connectivity index is 1.77. The highest BCUT2D eigenvalue weighted by atomic mass is 16.5. The molecule has 0 aliphatic heterocycles. The van der Waals surface area contributed by atoms with Gasteiger partial charge in [-0.25, -0.2) is 0 Å². The summed E-state index contributed by atoms with van der Waals surface area (Å²) in [5, 5.41) is 4.21. The molecule has 2 aromatic carbocycles. The van der Waals surface area contributed by atoms with Crippen molar-refractivity contribution in [2.45, 2.75) is 25.9 Å². The fourth-order valence-electron chi connectivity index (χ4n) is 2.75. The smallest absolute Gasteiger partial charge is 0.124 e. The van der Waals surface area contributed by atoms with Gasteiger partial charge in [-0.3, -0.25) is 4.68 Å². The van der Waals surface area contributed by atoms with E-state index in [2.05, 4.69) is 48.4 Å². The van der Waals surface area contributed by atoms with Gasteiger partial charge < -0.3 is 4.74 Å². The summed E-state index contributed by atoms with van der Waals surface area (Å²) in [7, 11) is 1.95. The van der Waals surface area contributed by atoms with Crippen molar-refractivity contribution in [1.82, 2.24) is 9.78 Å². The molecule has 0 N–H and O–H groups in total. The molecule has 0 bridgehead atoms. The Morgan fingerprint density at radius 3 is 2.35 bits per heavy atom. The highest BCUT2D eigenvalue weighted by Gasteiger charge is 2.12. The Kier molecular flexibility index (Phi) is 4.77. The van der Waals surface area contributed by atoms with Crippen molar-refractivity contribution in [3.8, 4) is 17.0 Å². The molecule has 0 aliphatic carbocycles. The van der Waals surface area contributed by atoms with E-state index in [0.29, 0.717) is 0 Å². The van der Waals surface area contributed by atoms with Crippen LogP contribution in [0.15, 0.2) is 66.9 Å². The van der Waals surface area contributed by atoms with Crippen molar-refractivity contribution in [2.75, 3.05) is 0 Å². The molecule has 0 radical (unpaired) electrons. The molecule has 3 aromatic rings. The standard InChI is InChI=1S/C20H22N2O/c1-3-7-20(17-8-5-4-6-9-17)23-18-12-10-16(11-13-18)19-14-15-21-22(19)2/h4-6,8-15,20H,3,7H2,1-2H3. The summed E-state index contributed by atoms with van der Waals surface area (Å²) < 4.78 is 8.10. The molecular weight excluding hydrogens is 284 g/mol. The Bertz CT molecular complexity index is 732. The highest BCUT2D eigenvalue weighted by molar-refractivity contribution is 5.60. The number of benzene rings is 2. The van der Waals surface area contributed by atoms with E-state index in [-0.39, 0.29) is 6.10 Å². The molecule has 3 nitrogen and oxygen atoms in total. The van der Waals surface area contributed by atoms with E-state index in [1.807, 2.05) is 42.2 Å². The fourth-order valence-corrected chi connectivity index (χ4v) is 2.75. The third-order valence-electron chi connectivity index (χ3n) is 3.97. The first-order valence-corrected chi connectivity index (χ1v) is 8.08. The van der Waals surface area contributed by atoms with Crippen molar-refractivity contribution in [2.24, 2.45) is 7.05 Å². The van der Waals surface area contributed by atoms with Crippen molar-refractivity contribution < 1.29 is 4.74 Å². The second kappa shape index (κ2) is 7.14. The van der Waals surface area contributed by atoms with Gasteiger partial charge in [0.05, 0.1) is 5.69 Å². The van der Waals surface area contributed by atoms with Crippen LogP contribution < -0.4 is 4.74 Å². The van der Waals surface area contributed by atoms with Crippen molar-refractivity contribution in [3.63, 3.8) is 0 Å². The minimum atomic E-state index is 0.101. The van der Waals surface area contributed by atoms with E-state index in [0.717, 1.165) is 29.8 Å². The first-order valence-electron chi connectivity index (χ1n) is 8.08. The number of aromatic nitrogens is 2. The molecule has 1 aromatic heterocycles. The lowest BCUT2D eigenvalue weighted by Gasteiger charge is -2.19. The van der Waals surface area contributed by atoms with Crippen LogP contribution in [-0.2, 0) is 7.05 Å². The maximum Gasteiger partial charge on any atom is 0.124 e. The maximum atomic E-state index is 6.22.